The number of ether oxygens (including phenoxy) is 3. The number of hydrogen-bond acceptors (Lipinski definition) is 8. The minimum absolute atomic E-state index is 0.0222. The third-order valence-corrected chi connectivity index (χ3v) is 5.49. The Morgan fingerprint density at radius 3 is 2.39 bits per heavy atom. The standard InChI is InChI=1S/C25H24N2O6/c1-14(2)32-23(29)20-21(26)27-18-12-8-7-11-17(18)25(20)19(15(3)33-24(25)30)22(28)31-13-16-9-5-4-6-10-16/h4-12,14,27H,13,26H2,1-3H3. The molecule has 2 aromatic rings. The van der Waals surface area contributed by atoms with Crippen molar-refractivity contribution in [3.05, 3.63) is 88.5 Å². The largest absolute Gasteiger partial charge is 0.459 e. The van der Waals surface area contributed by atoms with Crippen molar-refractivity contribution in [2.24, 2.45) is 5.73 Å². The molecule has 33 heavy (non-hydrogen) atoms. The number of fused-ring (bicyclic) bond motifs is 2. The summed E-state index contributed by atoms with van der Waals surface area (Å²) in [7, 11) is 0. The fourth-order valence-corrected chi connectivity index (χ4v) is 4.20. The van der Waals surface area contributed by atoms with Gasteiger partial charge in [-0.1, -0.05) is 48.5 Å². The number of nitrogens with one attached hydrogen (secondary N) is 1. The molecule has 8 nitrogen and oxygen atoms in total. The van der Waals surface area contributed by atoms with Gasteiger partial charge in [-0.3, -0.25) is 0 Å². The molecular formula is C25H24N2O6. The molecule has 8 heteroatoms. The van der Waals surface area contributed by atoms with Crippen LogP contribution in [0.25, 0.3) is 0 Å². The molecular weight excluding hydrogens is 424 g/mol. The second-order valence-electron chi connectivity index (χ2n) is 8.05. The van der Waals surface area contributed by atoms with Gasteiger partial charge in [0.25, 0.3) is 0 Å². The number of carbonyl (C=O) groups is 3. The van der Waals surface area contributed by atoms with Crippen molar-refractivity contribution in [3.63, 3.8) is 0 Å². The number of anilines is 1. The number of cyclic esters (lactones) is 1. The molecule has 0 amide bonds. The van der Waals surface area contributed by atoms with Crippen LogP contribution >= 0.6 is 0 Å². The lowest BCUT2D eigenvalue weighted by atomic mass is 9.67. The molecule has 0 bridgehead atoms. The van der Waals surface area contributed by atoms with Gasteiger partial charge in [0, 0.05) is 11.3 Å². The lowest BCUT2D eigenvalue weighted by Gasteiger charge is -2.36. The van der Waals surface area contributed by atoms with Gasteiger partial charge in [-0.05, 0) is 32.4 Å². The predicted molar refractivity (Wildman–Crippen MR) is 119 cm³/mol. The van der Waals surface area contributed by atoms with Crippen molar-refractivity contribution in [1.82, 2.24) is 0 Å². The molecule has 2 aromatic carbocycles. The minimum Gasteiger partial charge on any atom is -0.459 e. The van der Waals surface area contributed by atoms with Crippen LogP contribution in [-0.2, 0) is 40.6 Å². The molecule has 0 aromatic heterocycles. The fraction of sp³-hybridized carbons (Fsp3) is 0.240. The van der Waals surface area contributed by atoms with Crippen LogP contribution in [0.5, 0.6) is 0 Å². The molecule has 1 unspecified atom stereocenters. The first-order chi connectivity index (χ1) is 15.8. The van der Waals surface area contributed by atoms with Crippen molar-refractivity contribution >= 4 is 23.6 Å². The van der Waals surface area contributed by atoms with Crippen molar-refractivity contribution in [2.45, 2.75) is 38.9 Å². The lowest BCUT2D eigenvalue weighted by molar-refractivity contribution is -0.149. The fourth-order valence-electron chi connectivity index (χ4n) is 4.20. The van der Waals surface area contributed by atoms with E-state index in [1.807, 2.05) is 30.3 Å². The average molecular weight is 448 g/mol. The Morgan fingerprint density at radius 1 is 1.03 bits per heavy atom. The molecule has 2 heterocycles. The van der Waals surface area contributed by atoms with Crippen LogP contribution in [0.2, 0.25) is 0 Å². The minimum atomic E-state index is -1.92. The van der Waals surface area contributed by atoms with Crippen molar-refractivity contribution in [1.29, 1.82) is 0 Å². The van der Waals surface area contributed by atoms with Crippen molar-refractivity contribution in [3.8, 4) is 0 Å². The molecule has 3 N–H and O–H groups in total. The zero-order valence-corrected chi connectivity index (χ0v) is 18.5. The number of hydrogen-bond donors (Lipinski definition) is 2. The quantitative estimate of drug-likeness (QED) is 0.530. The van der Waals surface area contributed by atoms with Gasteiger partial charge in [-0.15, -0.1) is 0 Å². The summed E-state index contributed by atoms with van der Waals surface area (Å²) in [6.07, 6.45) is -0.483. The van der Waals surface area contributed by atoms with Gasteiger partial charge < -0.3 is 25.3 Å². The first kappa shape index (κ1) is 22.1. The summed E-state index contributed by atoms with van der Waals surface area (Å²) in [5, 5.41) is 2.94. The number of benzene rings is 2. The number of allylic oxidation sites excluding steroid dienone is 1. The summed E-state index contributed by atoms with van der Waals surface area (Å²) in [5.74, 6) is -2.50. The van der Waals surface area contributed by atoms with Crippen LogP contribution in [0.15, 0.2) is 77.3 Å². The highest BCUT2D eigenvalue weighted by molar-refractivity contribution is 6.15. The smallest absolute Gasteiger partial charge is 0.339 e. The molecule has 0 saturated heterocycles. The maximum absolute atomic E-state index is 13.5. The summed E-state index contributed by atoms with van der Waals surface area (Å²) in [6, 6.07) is 15.9. The molecule has 0 aliphatic carbocycles. The highest BCUT2D eigenvalue weighted by Crippen LogP contribution is 2.52. The highest BCUT2D eigenvalue weighted by Gasteiger charge is 2.62. The maximum Gasteiger partial charge on any atom is 0.339 e. The van der Waals surface area contributed by atoms with Crippen molar-refractivity contribution in [2.75, 3.05) is 5.32 Å². The lowest BCUT2D eigenvalue weighted by Crippen LogP contribution is -2.48. The Labute approximate surface area is 191 Å². The average Bonchev–Trinajstić information content (AvgIpc) is 3.02. The van der Waals surface area contributed by atoms with E-state index in [2.05, 4.69) is 5.32 Å². The van der Waals surface area contributed by atoms with E-state index in [-0.39, 0.29) is 29.3 Å². The molecule has 2 aliphatic heterocycles. The Kier molecular flexibility index (Phi) is 5.68. The van der Waals surface area contributed by atoms with Gasteiger partial charge in [-0.25, -0.2) is 14.4 Å². The van der Waals surface area contributed by atoms with E-state index < -0.39 is 29.4 Å². The molecule has 1 atom stereocenters. The summed E-state index contributed by atoms with van der Waals surface area (Å²) in [4.78, 5) is 40.1. The van der Waals surface area contributed by atoms with Crippen LogP contribution in [-0.4, -0.2) is 24.0 Å². The van der Waals surface area contributed by atoms with Crippen LogP contribution in [0, 0.1) is 0 Å². The zero-order valence-electron chi connectivity index (χ0n) is 18.5. The third-order valence-electron chi connectivity index (χ3n) is 5.49. The van der Waals surface area contributed by atoms with Crippen LogP contribution in [0.4, 0.5) is 5.69 Å². The molecule has 2 aliphatic rings. The zero-order chi connectivity index (χ0) is 23.8. The normalized spacial score (nSPS) is 19.3. The van der Waals surface area contributed by atoms with E-state index in [0.29, 0.717) is 11.3 Å². The first-order valence-corrected chi connectivity index (χ1v) is 10.5. The number of esters is 3. The number of para-hydroxylation sites is 1. The highest BCUT2D eigenvalue weighted by atomic mass is 16.6. The summed E-state index contributed by atoms with van der Waals surface area (Å²) < 4.78 is 16.4. The molecule has 0 radical (unpaired) electrons. The summed E-state index contributed by atoms with van der Waals surface area (Å²) >= 11 is 0. The second-order valence-corrected chi connectivity index (χ2v) is 8.05. The van der Waals surface area contributed by atoms with E-state index in [9.17, 15) is 14.4 Å². The monoisotopic (exact) mass is 448 g/mol. The van der Waals surface area contributed by atoms with Gasteiger partial charge in [0.05, 0.1) is 6.10 Å². The topological polar surface area (TPSA) is 117 Å². The second kappa shape index (κ2) is 8.46. The summed E-state index contributed by atoms with van der Waals surface area (Å²) in [6.45, 7) is 4.81. The Hall–Kier alpha value is -4.07. The van der Waals surface area contributed by atoms with E-state index >= 15 is 0 Å². The van der Waals surface area contributed by atoms with Crippen LogP contribution < -0.4 is 11.1 Å². The van der Waals surface area contributed by atoms with Gasteiger partial charge >= 0.3 is 17.9 Å². The SMILES string of the molecule is CC1=C(C(=O)OCc2ccccc2)C2(C(=O)O1)C(C(=O)OC(C)C)=C(N)Nc1ccccc12. The Balaban J connectivity index is 1.86. The Morgan fingerprint density at radius 2 is 1.70 bits per heavy atom. The molecule has 0 saturated carbocycles. The van der Waals surface area contributed by atoms with E-state index in [1.165, 1.54) is 6.92 Å². The van der Waals surface area contributed by atoms with Crippen molar-refractivity contribution < 1.29 is 28.6 Å². The van der Waals surface area contributed by atoms with E-state index in [1.54, 1.807) is 38.1 Å². The van der Waals surface area contributed by atoms with Gasteiger partial charge in [0.2, 0.25) is 0 Å². The van der Waals surface area contributed by atoms with Gasteiger partial charge in [0.1, 0.15) is 29.3 Å². The molecule has 0 fully saturated rings. The molecule has 1 spiro atoms. The van der Waals surface area contributed by atoms with E-state index in [0.717, 1.165) is 5.56 Å². The third kappa shape index (κ3) is 3.63. The Bertz CT molecular complexity index is 1200. The molecule has 4 rings (SSSR count). The van der Waals surface area contributed by atoms with Crippen LogP contribution in [0.1, 0.15) is 31.9 Å². The number of nitrogens with two attached hydrogens (primary N) is 1. The summed E-state index contributed by atoms with van der Waals surface area (Å²) in [5.41, 5.74) is 5.60. The maximum atomic E-state index is 13.5. The number of carbonyl (C=O) groups excluding carboxylic acids is 3. The van der Waals surface area contributed by atoms with Crippen LogP contribution in [0.3, 0.4) is 0 Å². The molecule has 170 valence electrons. The predicted octanol–water partition coefficient (Wildman–Crippen LogP) is 3.05. The van der Waals surface area contributed by atoms with Gasteiger partial charge in [0.15, 0.2) is 5.41 Å². The van der Waals surface area contributed by atoms with Gasteiger partial charge in [-0.2, -0.15) is 0 Å². The van der Waals surface area contributed by atoms with E-state index in [4.69, 9.17) is 19.9 Å². The first-order valence-electron chi connectivity index (χ1n) is 10.5. The number of rotatable bonds is 5.